The fourth-order valence-corrected chi connectivity index (χ4v) is 3.09. The number of hydrogen-bond donors (Lipinski definition) is 1. The van der Waals surface area contributed by atoms with Crippen molar-refractivity contribution in [3.8, 4) is 22.9 Å². The lowest BCUT2D eigenvalue weighted by Crippen LogP contribution is -2.15. The van der Waals surface area contributed by atoms with Gasteiger partial charge in [0.25, 0.3) is 0 Å². The monoisotopic (exact) mass is 439 g/mol. The molecule has 0 aliphatic heterocycles. The molecule has 3 rings (SSSR count). The van der Waals surface area contributed by atoms with Crippen LogP contribution in [0.25, 0.3) is 16.7 Å². The SMILES string of the molecule is CCCC=C(C)C(=O)OOc1cc(-n2nc3ccc(OC)cc3n2)c(O)c(C(C)(C)C)c1. The molecule has 8 nitrogen and oxygen atoms in total. The van der Waals surface area contributed by atoms with E-state index in [-0.39, 0.29) is 11.5 Å². The number of hydrogen-bond acceptors (Lipinski definition) is 7. The van der Waals surface area contributed by atoms with Crippen LogP contribution in [0, 0.1) is 0 Å². The second-order valence-electron chi connectivity index (χ2n) is 8.56. The smallest absolute Gasteiger partial charge is 0.381 e. The van der Waals surface area contributed by atoms with Gasteiger partial charge in [-0.05, 0) is 37.0 Å². The molecule has 1 N–H and O–H groups in total. The summed E-state index contributed by atoms with van der Waals surface area (Å²) in [5.74, 6) is 0.348. The van der Waals surface area contributed by atoms with Gasteiger partial charge in [-0.2, -0.15) is 0 Å². The Bertz CT molecular complexity index is 1160. The van der Waals surface area contributed by atoms with Gasteiger partial charge in [0.1, 0.15) is 28.2 Å². The Morgan fingerprint density at radius 3 is 2.50 bits per heavy atom. The summed E-state index contributed by atoms with van der Waals surface area (Å²) < 4.78 is 5.24. The van der Waals surface area contributed by atoms with Crippen molar-refractivity contribution in [2.24, 2.45) is 0 Å². The first-order valence-corrected chi connectivity index (χ1v) is 10.5. The maximum Gasteiger partial charge on any atom is 0.381 e. The standard InChI is InChI=1S/C24H29N3O5/c1-7-8-9-15(2)23(29)32-31-17-12-18(24(3,4)5)22(28)21(14-17)27-25-19-11-10-16(30-6)13-20(19)26-27/h9-14,28H,7-8H2,1-6H3. The third-order valence-electron chi connectivity index (χ3n) is 4.95. The average Bonchev–Trinajstić information content (AvgIpc) is 3.18. The lowest BCUT2D eigenvalue weighted by atomic mass is 9.86. The number of benzene rings is 2. The van der Waals surface area contributed by atoms with Crippen LogP contribution >= 0.6 is 0 Å². The number of phenolic OH excluding ortho intramolecular Hbond substituents is 1. The zero-order valence-corrected chi connectivity index (χ0v) is 19.3. The topological polar surface area (TPSA) is 95.7 Å². The van der Waals surface area contributed by atoms with Crippen LogP contribution < -0.4 is 9.62 Å². The molecular formula is C24H29N3O5. The lowest BCUT2D eigenvalue weighted by molar-refractivity contribution is -0.208. The first-order valence-electron chi connectivity index (χ1n) is 10.5. The molecule has 0 aliphatic carbocycles. The number of ether oxygens (including phenoxy) is 1. The minimum absolute atomic E-state index is 0.0162. The van der Waals surface area contributed by atoms with E-state index in [0.29, 0.717) is 33.6 Å². The molecule has 0 saturated heterocycles. The summed E-state index contributed by atoms with van der Waals surface area (Å²) >= 11 is 0. The molecule has 1 aromatic heterocycles. The molecule has 170 valence electrons. The summed E-state index contributed by atoms with van der Waals surface area (Å²) in [6, 6.07) is 8.50. The van der Waals surface area contributed by atoms with Crippen molar-refractivity contribution in [2.75, 3.05) is 7.11 Å². The number of phenols is 1. The van der Waals surface area contributed by atoms with Crippen LogP contribution in [0.3, 0.4) is 0 Å². The van der Waals surface area contributed by atoms with Gasteiger partial charge in [0, 0.05) is 23.3 Å². The summed E-state index contributed by atoms with van der Waals surface area (Å²) in [4.78, 5) is 23.9. The minimum Gasteiger partial charge on any atom is -0.505 e. The Balaban J connectivity index is 2.00. The summed E-state index contributed by atoms with van der Waals surface area (Å²) in [5, 5.41) is 19.9. The van der Waals surface area contributed by atoms with E-state index in [1.165, 1.54) is 10.9 Å². The zero-order chi connectivity index (χ0) is 23.5. The fraction of sp³-hybridized carbons (Fsp3) is 0.375. The second-order valence-corrected chi connectivity index (χ2v) is 8.56. The lowest BCUT2D eigenvalue weighted by Gasteiger charge is -2.22. The normalized spacial score (nSPS) is 12.1. The molecule has 0 saturated carbocycles. The van der Waals surface area contributed by atoms with Crippen molar-refractivity contribution in [2.45, 2.75) is 52.9 Å². The Kier molecular flexibility index (Phi) is 6.72. The first kappa shape index (κ1) is 23.1. The number of carbonyl (C=O) groups is 1. The summed E-state index contributed by atoms with van der Waals surface area (Å²) in [5.41, 5.74) is 2.19. The summed E-state index contributed by atoms with van der Waals surface area (Å²) in [6.07, 6.45) is 3.52. The number of aromatic nitrogens is 3. The van der Waals surface area contributed by atoms with Crippen LogP contribution in [0.5, 0.6) is 17.2 Å². The average molecular weight is 440 g/mol. The Morgan fingerprint density at radius 2 is 1.84 bits per heavy atom. The number of nitrogens with zero attached hydrogens (tertiary/aromatic N) is 3. The van der Waals surface area contributed by atoms with Crippen molar-refractivity contribution in [1.29, 1.82) is 0 Å². The molecule has 1 heterocycles. The van der Waals surface area contributed by atoms with Gasteiger partial charge in [-0.3, -0.25) is 4.89 Å². The maximum atomic E-state index is 12.2. The predicted molar refractivity (Wildman–Crippen MR) is 121 cm³/mol. The summed E-state index contributed by atoms with van der Waals surface area (Å²) in [6.45, 7) is 9.57. The molecule has 0 atom stereocenters. The first-order chi connectivity index (χ1) is 15.1. The number of rotatable bonds is 7. The number of fused-ring (bicyclic) bond motifs is 1. The highest BCUT2D eigenvalue weighted by atomic mass is 17.2. The number of allylic oxidation sites excluding steroid dienone is 1. The van der Waals surface area contributed by atoms with E-state index in [1.54, 1.807) is 38.3 Å². The Labute approximate surface area is 187 Å². The van der Waals surface area contributed by atoms with Gasteiger partial charge in [-0.15, -0.1) is 15.0 Å². The molecule has 0 amide bonds. The van der Waals surface area contributed by atoms with Crippen LogP contribution in [0.2, 0.25) is 0 Å². The minimum atomic E-state index is -0.569. The van der Waals surface area contributed by atoms with Crippen molar-refractivity contribution in [3.05, 3.63) is 47.5 Å². The molecule has 0 spiro atoms. The van der Waals surface area contributed by atoms with Gasteiger partial charge in [-0.1, -0.05) is 40.2 Å². The van der Waals surface area contributed by atoms with E-state index in [4.69, 9.17) is 14.5 Å². The fourth-order valence-electron chi connectivity index (χ4n) is 3.09. The Hall–Kier alpha value is -3.55. The number of carbonyl (C=O) groups excluding carboxylic acids is 1. The van der Waals surface area contributed by atoms with E-state index >= 15 is 0 Å². The maximum absolute atomic E-state index is 12.2. The van der Waals surface area contributed by atoms with E-state index < -0.39 is 11.4 Å². The third-order valence-corrected chi connectivity index (χ3v) is 4.95. The van der Waals surface area contributed by atoms with E-state index in [9.17, 15) is 9.90 Å². The quantitative estimate of drug-likeness (QED) is 0.314. The molecule has 0 fully saturated rings. The number of methoxy groups -OCH3 is 1. The second kappa shape index (κ2) is 9.30. The van der Waals surface area contributed by atoms with Gasteiger partial charge in [0.15, 0.2) is 5.75 Å². The van der Waals surface area contributed by atoms with E-state index in [2.05, 4.69) is 10.2 Å². The van der Waals surface area contributed by atoms with Crippen LogP contribution in [-0.2, 0) is 15.1 Å². The van der Waals surface area contributed by atoms with E-state index in [1.807, 2.05) is 33.8 Å². The van der Waals surface area contributed by atoms with Crippen molar-refractivity contribution >= 4 is 17.0 Å². The predicted octanol–water partition coefficient (Wildman–Crippen LogP) is 5.02. The molecular weight excluding hydrogens is 410 g/mol. The number of aromatic hydroxyl groups is 1. The largest absolute Gasteiger partial charge is 0.505 e. The third kappa shape index (κ3) is 5.01. The van der Waals surface area contributed by atoms with Crippen LogP contribution in [0.4, 0.5) is 0 Å². The molecule has 8 heteroatoms. The molecule has 0 aliphatic rings. The van der Waals surface area contributed by atoms with Gasteiger partial charge < -0.3 is 9.84 Å². The van der Waals surface area contributed by atoms with E-state index in [0.717, 1.165) is 12.8 Å². The van der Waals surface area contributed by atoms with Crippen LogP contribution in [-0.4, -0.2) is 33.2 Å². The molecule has 32 heavy (non-hydrogen) atoms. The van der Waals surface area contributed by atoms with Crippen molar-refractivity contribution in [3.63, 3.8) is 0 Å². The molecule has 2 aromatic carbocycles. The molecule has 0 unspecified atom stereocenters. The van der Waals surface area contributed by atoms with Crippen LogP contribution in [0.1, 0.15) is 53.0 Å². The van der Waals surface area contributed by atoms with Crippen LogP contribution in [0.15, 0.2) is 42.0 Å². The highest BCUT2D eigenvalue weighted by molar-refractivity contribution is 5.87. The van der Waals surface area contributed by atoms with Gasteiger partial charge >= 0.3 is 5.97 Å². The van der Waals surface area contributed by atoms with Crippen molar-refractivity contribution in [1.82, 2.24) is 15.0 Å². The summed E-state index contributed by atoms with van der Waals surface area (Å²) in [7, 11) is 1.58. The highest BCUT2D eigenvalue weighted by Crippen LogP contribution is 2.38. The molecule has 0 bridgehead atoms. The molecule has 3 aromatic rings. The Morgan fingerprint density at radius 1 is 1.12 bits per heavy atom. The van der Waals surface area contributed by atoms with Gasteiger partial charge in [0.2, 0.25) is 0 Å². The highest BCUT2D eigenvalue weighted by Gasteiger charge is 2.24. The number of unbranched alkanes of at least 4 members (excludes halogenated alkanes) is 1. The zero-order valence-electron chi connectivity index (χ0n) is 19.3. The molecule has 0 radical (unpaired) electrons. The van der Waals surface area contributed by atoms with Crippen molar-refractivity contribution < 1.29 is 24.4 Å². The van der Waals surface area contributed by atoms with Gasteiger partial charge in [0.05, 0.1) is 7.11 Å². The van der Waals surface area contributed by atoms with Gasteiger partial charge in [-0.25, -0.2) is 9.68 Å².